The van der Waals surface area contributed by atoms with Crippen LogP contribution in [0.5, 0.6) is 0 Å². The highest BCUT2D eigenvalue weighted by molar-refractivity contribution is 6.31. The minimum Gasteiger partial charge on any atom is -0.311 e. The highest BCUT2D eigenvalue weighted by Crippen LogP contribution is 2.19. The number of benzene rings is 1. The van der Waals surface area contributed by atoms with Gasteiger partial charge >= 0.3 is 0 Å². The maximum atomic E-state index is 13.1. The van der Waals surface area contributed by atoms with E-state index >= 15 is 0 Å². The number of hydrogen-bond donors (Lipinski definition) is 2. The highest BCUT2D eigenvalue weighted by Gasteiger charge is 2.07. The van der Waals surface area contributed by atoms with Gasteiger partial charge in [0.05, 0.1) is 5.02 Å². The van der Waals surface area contributed by atoms with Crippen LogP contribution in [0.1, 0.15) is 26.3 Å². The molecule has 0 aliphatic heterocycles. The Hall–Kier alpha value is -0.640. The predicted octanol–water partition coefficient (Wildman–Crippen LogP) is 2.96. The Morgan fingerprint density at radius 3 is 2.59 bits per heavy atom. The summed E-state index contributed by atoms with van der Waals surface area (Å²) >= 11 is 5.85. The molecule has 2 nitrogen and oxygen atoms in total. The zero-order chi connectivity index (χ0) is 12.9. The van der Waals surface area contributed by atoms with Crippen LogP contribution in [0.25, 0.3) is 0 Å². The van der Waals surface area contributed by atoms with E-state index in [-0.39, 0.29) is 16.4 Å². The SMILES string of the molecule is CC(C)(C)NCCNCc1cccc(F)c1Cl. The van der Waals surface area contributed by atoms with Crippen molar-refractivity contribution in [2.75, 3.05) is 13.1 Å². The zero-order valence-electron chi connectivity index (χ0n) is 10.6. The van der Waals surface area contributed by atoms with Crippen LogP contribution in [-0.4, -0.2) is 18.6 Å². The standard InChI is InChI=1S/C13H20ClFN2/c1-13(2,3)17-8-7-16-9-10-5-4-6-11(15)12(10)14/h4-6,16-17H,7-9H2,1-3H3. The van der Waals surface area contributed by atoms with Crippen LogP contribution < -0.4 is 10.6 Å². The van der Waals surface area contributed by atoms with E-state index in [1.807, 2.05) is 6.07 Å². The van der Waals surface area contributed by atoms with E-state index in [1.54, 1.807) is 6.07 Å². The molecule has 0 spiro atoms. The lowest BCUT2D eigenvalue weighted by Gasteiger charge is -2.20. The van der Waals surface area contributed by atoms with E-state index < -0.39 is 0 Å². The average molecular weight is 259 g/mol. The summed E-state index contributed by atoms with van der Waals surface area (Å²) in [4.78, 5) is 0. The molecule has 0 saturated heterocycles. The lowest BCUT2D eigenvalue weighted by atomic mass is 10.1. The third-order valence-electron chi connectivity index (χ3n) is 2.30. The fourth-order valence-corrected chi connectivity index (χ4v) is 1.63. The van der Waals surface area contributed by atoms with Crippen LogP contribution in [0.15, 0.2) is 18.2 Å². The third-order valence-corrected chi connectivity index (χ3v) is 2.73. The van der Waals surface area contributed by atoms with Crippen molar-refractivity contribution in [1.29, 1.82) is 0 Å². The first-order valence-corrected chi connectivity index (χ1v) is 6.16. The second kappa shape index (κ2) is 6.34. The monoisotopic (exact) mass is 258 g/mol. The summed E-state index contributed by atoms with van der Waals surface area (Å²) in [7, 11) is 0. The van der Waals surface area contributed by atoms with Crippen molar-refractivity contribution in [2.24, 2.45) is 0 Å². The molecule has 1 aromatic carbocycles. The van der Waals surface area contributed by atoms with E-state index in [1.165, 1.54) is 6.07 Å². The van der Waals surface area contributed by atoms with Gasteiger partial charge in [-0.25, -0.2) is 4.39 Å². The van der Waals surface area contributed by atoms with Crippen LogP contribution >= 0.6 is 11.6 Å². The first kappa shape index (κ1) is 14.4. The number of rotatable bonds is 5. The smallest absolute Gasteiger partial charge is 0.142 e. The van der Waals surface area contributed by atoms with Crippen molar-refractivity contribution in [2.45, 2.75) is 32.9 Å². The summed E-state index contributed by atoms with van der Waals surface area (Å²) < 4.78 is 13.1. The maximum absolute atomic E-state index is 13.1. The Balaban J connectivity index is 2.29. The molecule has 0 bridgehead atoms. The van der Waals surface area contributed by atoms with E-state index in [2.05, 4.69) is 31.4 Å². The first-order chi connectivity index (χ1) is 7.90. The second-order valence-electron chi connectivity index (χ2n) is 5.07. The van der Waals surface area contributed by atoms with E-state index in [0.717, 1.165) is 18.7 Å². The summed E-state index contributed by atoms with van der Waals surface area (Å²) in [5, 5.41) is 6.81. The normalized spacial score (nSPS) is 11.8. The van der Waals surface area contributed by atoms with Gasteiger partial charge in [0, 0.05) is 25.2 Å². The van der Waals surface area contributed by atoms with Gasteiger partial charge in [-0.1, -0.05) is 23.7 Å². The van der Waals surface area contributed by atoms with Crippen LogP contribution in [0.2, 0.25) is 5.02 Å². The van der Waals surface area contributed by atoms with Gasteiger partial charge in [-0.05, 0) is 32.4 Å². The van der Waals surface area contributed by atoms with Crippen LogP contribution in [-0.2, 0) is 6.54 Å². The average Bonchev–Trinajstić information content (AvgIpc) is 2.22. The Morgan fingerprint density at radius 2 is 1.94 bits per heavy atom. The molecule has 0 aliphatic rings. The molecular formula is C13H20ClFN2. The summed E-state index contributed by atoms with van der Waals surface area (Å²) in [5.41, 5.74) is 0.917. The Kier molecular flexibility index (Phi) is 5.37. The van der Waals surface area contributed by atoms with Crippen molar-refractivity contribution in [3.8, 4) is 0 Å². The maximum Gasteiger partial charge on any atom is 0.142 e. The van der Waals surface area contributed by atoms with E-state index in [9.17, 15) is 4.39 Å². The second-order valence-corrected chi connectivity index (χ2v) is 5.44. The third kappa shape index (κ3) is 5.48. The molecule has 1 rings (SSSR count). The van der Waals surface area contributed by atoms with Crippen molar-refractivity contribution in [3.63, 3.8) is 0 Å². The van der Waals surface area contributed by atoms with Gasteiger partial charge in [-0.2, -0.15) is 0 Å². The van der Waals surface area contributed by atoms with Crippen molar-refractivity contribution >= 4 is 11.6 Å². The topological polar surface area (TPSA) is 24.1 Å². The summed E-state index contributed by atoms with van der Waals surface area (Å²) in [6, 6.07) is 4.87. The quantitative estimate of drug-likeness (QED) is 0.794. The first-order valence-electron chi connectivity index (χ1n) is 5.79. The van der Waals surface area contributed by atoms with E-state index in [0.29, 0.717) is 6.54 Å². The Labute approximate surface area is 108 Å². The minimum atomic E-state index is -0.362. The highest BCUT2D eigenvalue weighted by atomic mass is 35.5. The van der Waals surface area contributed by atoms with Gasteiger partial charge in [-0.15, -0.1) is 0 Å². The Morgan fingerprint density at radius 1 is 1.24 bits per heavy atom. The van der Waals surface area contributed by atoms with Gasteiger partial charge in [0.2, 0.25) is 0 Å². The molecule has 0 radical (unpaired) electrons. The molecule has 0 saturated carbocycles. The van der Waals surface area contributed by atoms with Crippen molar-refractivity contribution in [3.05, 3.63) is 34.6 Å². The molecular weight excluding hydrogens is 239 g/mol. The molecule has 0 heterocycles. The fraction of sp³-hybridized carbons (Fsp3) is 0.538. The lowest BCUT2D eigenvalue weighted by Crippen LogP contribution is -2.40. The van der Waals surface area contributed by atoms with E-state index in [4.69, 9.17) is 11.6 Å². The van der Waals surface area contributed by atoms with Crippen molar-refractivity contribution < 1.29 is 4.39 Å². The summed E-state index contributed by atoms with van der Waals surface area (Å²) in [5.74, 6) is -0.362. The van der Waals surface area contributed by atoms with Gasteiger partial charge < -0.3 is 10.6 Å². The molecule has 2 N–H and O–H groups in total. The molecule has 0 aliphatic carbocycles. The lowest BCUT2D eigenvalue weighted by molar-refractivity contribution is 0.421. The molecule has 0 unspecified atom stereocenters. The van der Waals surface area contributed by atoms with Crippen LogP contribution in [0.4, 0.5) is 4.39 Å². The molecule has 96 valence electrons. The number of hydrogen-bond acceptors (Lipinski definition) is 2. The molecule has 4 heteroatoms. The summed E-state index contributed by atoms with van der Waals surface area (Å²) in [6.07, 6.45) is 0. The van der Waals surface area contributed by atoms with Crippen LogP contribution in [0, 0.1) is 5.82 Å². The molecule has 0 amide bonds. The largest absolute Gasteiger partial charge is 0.311 e. The predicted molar refractivity (Wildman–Crippen MR) is 70.9 cm³/mol. The number of halogens is 2. The van der Waals surface area contributed by atoms with Gasteiger partial charge in [-0.3, -0.25) is 0 Å². The van der Waals surface area contributed by atoms with Crippen LogP contribution in [0.3, 0.4) is 0 Å². The molecule has 0 fully saturated rings. The van der Waals surface area contributed by atoms with Gasteiger partial charge in [0.25, 0.3) is 0 Å². The summed E-state index contributed by atoms with van der Waals surface area (Å²) in [6.45, 7) is 8.65. The zero-order valence-corrected chi connectivity index (χ0v) is 11.4. The molecule has 1 aromatic rings. The fourth-order valence-electron chi connectivity index (χ4n) is 1.43. The Bertz CT molecular complexity index is 361. The van der Waals surface area contributed by atoms with Gasteiger partial charge in [0.15, 0.2) is 0 Å². The van der Waals surface area contributed by atoms with Gasteiger partial charge in [0.1, 0.15) is 5.82 Å². The molecule has 17 heavy (non-hydrogen) atoms. The molecule has 0 atom stereocenters. The van der Waals surface area contributed by atoms with Crippen molar-refractivity contribution in [1.82, 2.24) is 10.6 Å². The minimum absolute atomic E-state index is 0.123. The number of nitrogens with one attached hydrogen (secondary N) is 2. The molecule has 0 aromatic heterocycles.